The zero-order valence-electron chi connectivity index (χ0n) is 14.4. The lowest BCUT2D eigenvalue weighted by Gasteiger charge is -2.09. The first-order valence-corrected chi connectivity index (χ1v) is 8.52. The van der Waals surface area contributed by atoms with Crippen LogP contribution in [0, 0.1) is 0 Å². The second kappa shape index (κ2) is 12.4. The van der Waals surface area contributed by atoms with Crippen LogP contribution in [0.4, 0.5) is 0 Å². The Labute approximate surface area is 149 Å². The molecule has 2 aromatic rings. The first kappa shape index (κ1) is 19.4. The van der Waals surface area contributed by atoms with Crippen molar-refractivity contribution in [2.45, 2.75) is 0 Å². The van der Waals surface area contributed by atoms with Gasteiger partial charge in [-0.1, -0.05) is 42.5 Å². The zero-order valence-corrected chi connectivity index (χ0v) is 14.4. The first-order valence-electron chi connectivity index (χ1n) is 8.52. The summed E-state index contributed by atoms with van der Waals surface area (Å²) in [5.74, 6) is 0.834. The van der Waals surface area contributed by atoms with Gasteiger partial charge >= 0.3 is 0 Å². The minimum Gasteiger partial charge on any atom is -0.491 e. The van der Waals surface area contributed by atoms with E-state index in [0.717, 1.165) is 5.75 Å². The number of aliphatic hydroxyl groups excluding tert-OH is 1. The van der Waals surface area contributed by atoms with Gasteiger partial charge in [-0.05, 0) is 23.3 Å². The third-order valence-corrected chi connectivity index (χ3v) is 3.44. The highest BCUT2D eigenvalue weighted by Gasteiger charge is 1.98. The van der Waals surface area contributed by atoms with Crippen molar-refractivity contribution in [3.63, 3.8) is 0 Å². The van der Waals surface area contributed by atoms with E-state index in [4.69, 9.17) is 24.1 Å². The summed E-state index contributed by atoms with van der Waals surface area (Å²) >= 11 is 0. The Bertz CT molecular complexity index is 556. The van der Waals surface area contributed by atoms with E-state index < -0.39 is 0 Å². The fourth-order valence-electron chi connectivity index (χ4n) is 2.20. The van der Waals surface area contributed by atoms with E-state index in [1.54, 1.807) is 0 Å². The van der Waals surface area contributed by atoms with Gasteiger partial charge in [0.05, 0.1) is 46.2 Å². The summed E-state index contributed by atoms with van der Waals surface area (Å²) in [6, 6.07) is 18.3. The Kier molecular flexibility index (Phi) is 9.66. The number of aliphatic hydroxyl groups is 1. The van der Waals surface area contributed by atoms with Gasteiger partial charge in [-0.25, -0.2) is 0 Å². The molecule has 136 valence electrons. The van der Waals surface area contributed by atoms with Gasteiger partial charge in [0.2, 0.25) is 0 Å². The normalized spacial score (nSPS) is 10.8. The summed E-state index contributed by atoms with van der Waals surface area (Å²) in [4.78, 5) is 0. The maximum atomic E-state index is 8.54. The third-order valence-electron chi connectivity index (χ3n) is 3.44. The predicted molar refractivity (Wildman–Crippen MR) is 96.9 cm³/mol. The molecule has 2 aromatic carbocycles. The summed E-state index contributed by atoms with van der Waals surface area (Å²) < 4.78 is 21.5. The average Bonchev–Trinajstić information content (AvgIpc) is 2.67. The van der Waals surface area contributed by atoms with Gasteiger partial charge in [0, 0.05) is 0 Å². The molecule has 2 rings (SSSR count). The van der Waals surface area contributed by atoms with Crippen LogP contribution in [0.1, 0.15) is 0 Å². The van der Waals surface area contributed by atoms with Crippen LogP contribution in [0.15, 0.2) is 54.6 Å². The Balaban J connectivity index is 1.51. The second-order valence-electron chi connectivity index (χ2n) is 5.30. The maximum Gasteiger partial charge on any atom is 0.119 e. The molecule has 25 heavy (non-hydrogen) atoms. The van der Waals surface area contributed by atoms with Gasteiger partial charge < -0.3 is 24.1 Å². The van der Waals surface area contributed by atoms with Gasteiger partial charge in [0.15, 0.2) is 0 Å². The minimum atomic E-state index is 0.0398. The van der Waals surface area contributed by atoms with E-state index in [0.29, 0.717) is 46.2 Å². The van der Waals surface area contributed by atoms with E-state index in [9.17, 15) is 0 Å². The molecule has 1 N–H and O–H groups in total. The highest BCUT2D eigenvalue weighted by Crippen LogP contribution is 2.21. The number of benzene rings is 2. The number of ether oxygens (including phenoxy) is 4. The van der Waals surface area contributed by atoms with Crippen molar-refractivity contribution in [1.29, 1.82) is 0 Å². The van der Waals surface area contributed by atoms with Crippen molar-refractivity contribution in [2.75, 3.05) is 52.9 Å². The maximum absolute atomic E-state index is 8.54. The molecule has 0 bridgehead atoms. The SMILES string of the molecule is OCCOCCOCCOCCOc1ccc(-c2ccccc2)cc1. The Hall–Kier alpha value is -1.92. The van der Waals surface area contributed by atoms with Crippen molar-refractivity contribution in [3.05, 3.63) is 54.6 Å². The Morgan fingerprint density at radius 3 is 1.68 bits per heavy atom. The third kappa shape index (κ3) is 8.14. The summed E-state index contributed by atoms with van der Waals surface area (Å²) in [6.45, 7) is 3.46. The van der Waals surface area contributed by atoms with Gasteiger partial charge in [-0.15, -0.1) is 0 Å². The van der Waals surface area contributed by atoms with Crippen molar-refractivity contribution in [2.24, 2.45) is 0 Å². The zero-order chi connectivity index (χ0) is 17.6. The van der Waals surface area contributed by atoms with Crippen LogP contribution in [-0.2, 0) is 14.2 Å². The Morgan fingerprint density at radius 1 is 0.560 bits per heavy atom. The molecule has 0 unspecified atom stereocenters. The van der Waals surface area contributed by atoms with E-state index >= 15 is 0 Å². The Morgan fingerprint density at radius 2 is 1.08 bits per heavy atom. The molecule has 0 aliphatic heterocycles. The smallest absolute Gasteiger partial charge is 0.119 e. The molecule has 0 amide bonds. The number of hydrogen-bond donors (Lipinski definition) is 1. The monoisotopic (exact) mass is 346 g/mol. The molecular formula is C20H26O5. The number of hydrogen-bond acceptors (Lipinski definition) is 5. The highest BCUT2D eigenvalue weighted by atomic mass is 16.6. The predicted octanol–water partition coefficient (Wildman–Crippen LogP) is 2.77. The summed E-state index contributed by atoms with van der Waals surface area (Å²) in [7, 11) is 0. The van der Waals surface area contributed by atoms with Crippen molar-refractivity contribution < 1.29 is 24.1 Å². The minimum absolute atomic E-state index is 0.0398. The van der Waals surface area contributed by atoms with Crippen LogP contribution in [-0.4, -0.2) is 58.0 Å². The molecule has 0 saturated carbocycles. The fourth-order valence-corrected chi connectivity index (χ4v) is 2.20. The van der Waals surface area contributed by atoms with Crippen LogP contribution in [0.3, 0.4) is 0 Å². The molecule has 0 aliphatic carbocycles. The molecular weight excluding hydrogens is 320 g/mol. The molecule has 5 nitrogen and oxygen atoms in total. The lowest BCUT2D eigenvalue weighted by molar-refractivity contribution is 0.00361. The molecule has 0 fully saturated rings. The van der Waals surface area contributed by atoms with Gasteiger partial charge in [-0.2, -0.15) is 0 Å². The molecule has 0 saturated heterocycles. The van der Waals surface area contributed by atoms with Gasteiger partial charge in [0.25, 0.3) is 0 Å². The van der Waals surface area contributed by atoms with Crippen LogP contribution in [0.25, 0.3) is 11.1 Å². The fraction of sp³-hybridized carbons (Fsp3) is 0.400. The van der Waals surface area contributed by atoms with Crippen molar-refractivity contribution in [3.8, 4) is 16.9 Å². The van der Waals surface area contributed by atoms with E-state index in [1.165, 1.54) is 11.1 Å². The van der Waals surface area contributed by atoms with E-state index in [-0.39, 0.29) is 6.61 Å². The topological polar surface area (TPSA) is 57.2 Å². The highest BCUT2D eigenvalue weighted by molar-refractivity contribution is 5.63. The molecule has 0 aromatic heterocycles. The van der Waals surface area contributed by atoms with Crippen LogP contribution >= 0.6 is 0 Å². The van der Waals surface area contributed by atoms with Crippen LogP contribution in [0.2, 0.25) is 0 Å². The molecule has 5 heteroatoms. The van der Waals surface area contributed by atoms with Crippen molar-refractivity contribution in [1.82, 2.24) is 0 Å². The summed E-state index contributed by atoms with van der Waals surface area (Å²) in [5.41, 5.74) is 2.36. The summed E-state index contributed by atoms with van der Waals surface area (Å²) in [6.07, 6.45) is 0. The van der Waals surface area contributed by atoms with Gasteiger partial charge in [0.1, 0.15) is 12.4 Å². The summed E-state index contributed by atoms with van der Waals surface area (Å²) in [5, 5.41) is 8.54. The second-order valence-corrected chi connectivity index (χ2v) is 5.30. The average molecular weight is 346 g/mol. The molecule has 0 heterocycles. The molecule has 0 spiro atoms. The lowest BCUT2D eigenvalue weighted by Crippen LogP contribution is -2.13. The molecule has 0 atom stereocenters. The quantitative estimate of drug-likeness (QED) is 0.565. The van der Waals surface area contributed by atoms with E-state index in [2.05, 4.69) is 24.3 Å². The molecule has 0 aliphatic rings. The van der Waals surface area contributed by atoms with Crippen molar-refractivity contribution >= 4 is 0 Å². The van der Waals surface area contributed by atoms with Crippen LogP contribution < -0.4 is 4.74 Å². The molecule has 0 radical (unpaired) electrons. The standard InChI is InChI=1S/C20H26O5/c21-10-11-22-12-13-23-14-15-24-16-17-25-20-8-6-19(7-9-20)18-4-2-1-3-5-18/h1-9,21H,10-17H2. The number of rotatable bonds is 13. The van der Waals surface area contributed by atoms with Crippen LogP contribution in [0.5, 0.6) is 5.75 Å². The van der Waals surface area contributed by atoms with Gasteiger partial charge in [-0.3, -0.25) is 0 Å². The lowest BCUT2D eigenvalue weighted by atomic mass is 10.1. The van der Waals surface area contributed by atoms with E-state index in [1.807, 2.05) is 30.3 Å². The largest absolute Gasteiger partial charge is 0.491 e. The first-order chi connectivity index (χ1) is 12.4.